The molecule has 8 heteroatoms. The maximum absolute atomic E-state index is 12.8. The van der Waals surface area contributed by atoms with Gasteiger partial charge in [-0.1, -0.05) is 6.07 Å². The zero-order valence-electron chi connectivity index (χ0n) is 16.9. The third-order valence-electron chi connectivity index (χ3n) is 4.62. The van der Waals surface area contributed by atoms with Crippen molar-refractivity contribution in [1.29, 1.82) is 0 Å². The van der Waals surface area contributed by atoms with E-state index in [0.717, 1.165) is 9.87 Å². The molecule has 0 aromatic heterocycles. The number of carbonyl (C=O) groups excluding carboxylic acids is 2. The van der Waals surface area contributed by atoms with Crippen LogP contribution in [-0.2, 0) is 10.0 Å². The van der Waals surface area contributed by atoms with Gasteiger partial charge in [0.1, 0.15) is 0 Å². The molecule has 2 rings (SSSR count). The van der Waals surface area contributed by atoms with E-state index in [2.05, 4.69) is 10.6 Å². The Hall–Kier alpha value is -2.71. The molecule has 0 fully saturated rings. The number of rotatable bonds is 5. The van der Waals surface area contributed by atoms with Crippen LogP contribution in [0, 0.1) is 20.8 Å². The maximum Gasteiger partial charge on any atom is 0.255 e. The van der Waals surface area contributed by atoms with Crippen molar-refractivity contribution in [2.75, 3.05) is 26.5 Å². The van der Waals surface area contributed by atoms with Gasteiger partial charge < -0.3 is 10.6 Å². The summed E-state index contributed by atoms with van der Waals surface area (Å²) in [6, 6.07) is 8.02. The van der Waals surface area contributed by atoms with Crippen LogP contribution in [0.1, 0.15) is 37.4 Å². The summed E-state index contributed by atoms with van der Waals surface area (Å²) >= 11 is 0. The third kappa shape index (κ3) is 4.23. The first-order chi connectivity index (χ1) is 13.0. The van der Waals surface area contributed by atoms with Gasteiger partial charge in [-0.25, -0.2) is 12.7 Å². The molecule has 2 aromatic carbocycles. The minimum Gasteiger partial charge on any atom is -0.355 e. The number of amides is 2. The third-order valence-corrected chi connectivity index (χ3v) is 6.56. The quantitative estimate of drug-likeness (QED) is 0.802. The molecule has 7 nitrogen and oxygen atoms in total. The van der Waals surface area contributed by atoms with E-state index in [4.69, 9.17) is 0 Å². The zero-order valence-corrected chi connectivity index (χ0v) is 17.7. The summed E-state index contributed by atoms with van der Waals surface area (Å²) in [5, 5.41) is 5.31. The molecule has 0 saturated carbocycles. The van der Waals surface area contributed by atoms with Crippen LogP contribution in [0.15, 0.2) is 35.2 Å². The van der Waals surface area contributed by atoms with E-state index in [1.807, 2.05) is 6.92 Å². The smallest absolute Gasteiger partial charge is 0.255 e. The monoisotopic (exact) mass is 403 g/mol. The van der Waals surface area contributed by atoms with E-state index in [-0.39, 0.29) is 16.4 Å². The van der Waals surface area contributed by atoms with Crippen LogP contribution in [0.5, 0.6) is 0 Å². The predicted octanol–water partition coefficient (Wildman–Crippen LogP) is 2.47. The van der Waals surface area contributed by atoms with Gasteiger partial charge in [-0.15, -0.1) is 0 Å². The van der Waals surface area contributed by atoms with Gasteiger partial charge in [0.2, 0.25) is 10.0 Å². The van der Waals surface area contributed by atoms with Crippen molar-refractivity contribution >= 4 is 27.5 Å². The number of aryl methyl sites for hydroxylation is 2. The minimum atomic E-state index is -3.69. The van der Waals surface area contributed by atoms with Crippen molar-refractivity contribution in [2.24, 2.45) is 0 Å². The van der Waals surface area contributed by atoms with Crippen molar-refractivity contribution in [3.05, 3.63) is 58.1 Å². The topological polar surface area (TPSA) is 95.6 Å². The second-order valence-electron chi connectivity index (χ2n) is 6.77. The first kappa shape index (κ1) is 21.6. The van der Waals surface area contributed by atoms with Crippen molar-refractivity contribution in [1.82, 2.24) is 9.62 Å². The summed E-state index contributed by atoms with van der Waals surface area (Å²) in [6.45, 7) is 5.29. The van der Waals surface area contributed by atoms with Crippen LogP contribution in [0.3, 0.4) is 0 Å². The summed E-state index contributed by atoms with van der Waals surface area (Å²) in [4.78, 5) is 24.7. The molecule has 0 radical (unpaired) electrons. The Balaban J connectivity index is 2.46. The Labute approximate surface area is 165 Å². The molecule has 150 valence electrons. The maximum atomic E-state index is 12.8. The van der Waals surface area contributed by atoms with Crippen LogP contribution in [0.25, 0.3) is 0 Å². The molecule has 0 bridgehead atoms. The molecule has 0 aliphatic carbocycles. The lowest BCUT2D eigenvalue weighted by atomic mass is 10.0. The molecule has 0 unspecified atom stereocenters. The van der Waals surface area contributed by atoms with Crippen LogP contribution < -0.4 is 10.6 Å². The van der Waals surface area contributed by atoms with Gasteiger partial charge >= 0.3 is 0 Å². The molecule has 2 aromatic rings. The van der Waals surface area contributed by atoms with Crippen LogP contribution >= 0.6 is 0 Å². The van der Waals surface area contributed by atoms with E-state index in [9.17, 15) is 18.0 Å². The van der Waals surface area contributed by atoms with Crippen LogP contribution in [0.4, 0.5) is 5.69 Å². The van der Waals surface area contributed by atoms with E-state index < -0.39 is 15.9 Å². The molecule has 2 amide bonds. The summed E-state index contributed by atoms with van der Waals surface area (Å²) in [6.07, 6.45) is 0. The van der Waals surface area contributed by atoms with Gasteiger partial charge in [-0.2, -0.15) is 0 Å². The highest BCUT2D eigenvalue weighted by atomic mass is 32.2. The number of benzene rings is 2. The molecule has 0 atom stereocenters. The molecule has 2 N–H and O–H groups in total. The van der Waals surface area contributed by atoms with Gasteiger partial charge in [0, 0.05) is 38.0 Å². The van der Waals surface area contributed by atoms with Gasteiger partial charge in [-0.3, -0.25) is 9.59 Å². The highest BCUT2D eigenvalue weighted by Crippen LogP contribution is 2.25. The summed E-state index contributed by atoms with van der Waals surface area (Å²) in [5.74, 6) is -0.712. The minimum absolute atomic E-state index is 0.0958. The van der Waals surface area contributed by atoms with E-state index >= 15 is 0 Å². The Morgan fingerprint density at radius 1 is 0.893 bits per heavy atom. The fourth-order valence-corrected chi connectivity index (χ4v) is 3.88. The first-order valence-electron chi connectivity index (χ1n) is 8.67. The SMILES string of the molecule is CNC(=O)c1ccc(C)c(NC(=O)c2cc(C)c(C)c(S(=O)(=O)N(C)C)c2)c1. The Morgan fingerprint density at radius 2 is 1.54 bits per heavy atom. The van der Waals surface area contributed by atoms with Crippen molar-refractivity contribution < 1.29 is 18.0 Å². The van der Waals surface area contributed by atoms with Gasteiger partial charge in [0.15, 0.2) is 0 Å². The number of anilines is 1. The van der Waals surface area contributed by atoms with Gasteiger partial charge in [0.25, 0.3) is 11.8 Å². The number of sulfonamides is 1. The summed E-state index contributed by atoms with van der Waals surface area (Å²) < 4.78 is 26.3. The highest BCUT2D eigenvalue weighted by molar-refractivity contribution is 7.89. The van der Waals surface area contributed by atoms with Gasteiger partial charge in [0.05, 0.1) is 4.90 Å². The first-order valence-corrected chi connectivity index (χ1v) is 10.1. The Morgan fingerprint density at radius 3 is 2.11 bits per heavy atom. The number of hydrogen-bond acceptors (Lipinski definition) is 4. The van der Waals surface area contributed by atoms with E-state index in [0.29, 0.717) is 22.4 Å². The number of hydrogen-bond donors (Lipinski definition) is 2. The number of carbonyl (C=O) groups is 2. The van der Waals surface area contributed by atoms with Crippen LogP contribution in [-0.4, -0.2) is 45.7 Å². The van der Waals surface area contributed by atoms with Crippen molar-refractivity contribution in [2.45, 2.75) is 25.7 Å². The fourth-order valence-electron chi connectivity index (χ4n) is 2.66. The predicted molar refractivity (Wildman–Crippen MR) is 109 cm³/mol. The average molecular weight is 404 g/mol. The van der Waals surface area contributed by atoms with Gasteiger partial charge in [-0.05, 0) is 61.7 Å². The molecular formula is C20H25N3O4S. The number of nitrogens with one attached hydrogen (secondary N) is 2. The second kappa shape index (κ2) is 8.12. The lowest BCUT2D eigenvalue weighted by Gasteiger charge is -2.17. The summed E-state index contributed by atoms with van der Waals surface area (Å²) in [7, 11) is 0.740. The second-order valence-corrected chi connectivity index (χ2v) is 8.89. The standard InChI is InChI=1S/C20H25N3O4S/c1-12-7-8-15(19(24)21-4)10-17(12)22-20(25)16-9-13(2)14(3)18(11-16)28(26,27)23(5)6/h7-11H,1-6H3,(H,21,24)(H,22,25). The van der Waals surface area contributed by atoms with Crippen LogP contribution in [0.2, 0.25) is 0 Å². The van der Waals surface area contributed by atoms with E-state index in [1.165, 1.54) is 27.2 Å². The molecular weight excluding hydrogens is 378 g/mol. The largest absolute Gasteiger partial charge is 0.355 e. The lowest BCUT2D eigenvalue weighted by Crippen LogP contribution is -2.24. The normalized spacial score (nSPS) is 11.4. The number of nitrogens with zero attached hydrogens (tertiary/aromatic N) is 1. The van der Waals surface area contributed by atoms with Crippen molar-refractivity contribution in [3.8, 4) is 0 Å². The fraction of sp³-hybridized carbons (Fsp3) is 0.300. The molecule has 0 spiro atoms. The van der Waals surface area contributed by atoms with E-state index in [1.54, 1.807) is 38.1 Å². The Kier molecular flexibility index (Phi) is 6.26. The Bertz CT molecular complexity index is 1040. The highest BCUT2D eigenvalue weighted by Gasteiger charge is 2.23. The molecule has 0 aliphatic rings. The molecule has 28 heavy (non-hydrogen) atoms. The van der Waals surface area contributed by atoms with Crippen molar-refractivity contribution in [3.63, 3.8) is 0 Å². The molecule has 0 saturated heterocycles. The molecule has 0 aliphatic heterocycles. The molecule has 0 heterocycles. The lowest BCUT2D eigenvalue weighted by molar-refractivity contribution is 0.0961. The average Bonchev–Trinajstić information content (AvgIpc) is 2.64. The zero-order chi connectivity index (χ0) is 21.2. The summed E-state index contributed by atoms with van der Waals surface area (Å²) in [5.41, 5.74) is 3.21.